The van der Waals surface area contributed by atoms with Crippen LogP contribution in [0.3, 0.4) is 0 Å². The van der Waals surface area contributed by atoms with E-state index < -0.39 is 11.6 Å². The average Bonchev–Trinajstić information content (AvgIpc) is 3.66. The third-order valence-corrected chi connectivity index (χ3v) is 10.9. The molecule has 3 N–H and O–H groups in total. The van der Waals surface area contributed by atoms with Gasteiger partial charge in [-0.1, -0.05) is 23.7 Å². The van der Waals surface area contributed by atoms with Gasteiger partial charge < -0.3 is 25.2 Å². The van der Waals surface area contributed by atoms with Gasteiger partial charge in [0.2, 0.25) is 0 Å². The minimum absolute atomic E-state index is 0.0319. The molecular weight excluding hydrogens is 600 g/mol. The average molecular weight is 636 g/mol. The molecule has 0 spiro atoms. The van der Waals surface area contributed by atoms with E-state index in [9.17, 15) is 10.2 Å². The third-order valence-electron chi connectivity index (χ3n) is 10.6. The maximum Gasteiger partial charge on any atom is 0.319 e. The molecule has 0 amide bonds. The first kappa shape index (κ1) is 29.1. The topological polar surface area (TPSA) is 94.0 Å². The van der Waals surface area contributed by atoms with Crippen molar-refractivity contribution in [2.24, 2.45) is 0 Å². The molecule has 1 unspecified atom stereocenters. The van der Waals surface area contributed by atoms with Gasteiger partial charge in [0, 0.05) is 57.6 Å². The molecule has 2 bridgehead atoms. The molecule has 0 saturated carbocycles. The van der Waals surface area contributed by atoms with Gasteiger partial charge in [-0.05, 0) is 81.6 Å². The monoisotopic (exact) mass is 635 g/mol. The van der Waals surface area contributed by atoms with Crippen LogP contribution in [0.2, 0.25) is 5.02 Å². The lowest BCUT2D eigenvalue weighted by atomic mass is 9.95. The number of nitrogens with zero attached hydrogens (tertiary/aromatic N) is 4. The number of rotatable bonds is 6. The molecule has 4 saturated heterocycles. The Morgan fingerprint density at radius 3 is 2.82 bits per heavy atom. The minimum Gasteiger partial charge on any atom is -0.508 e. The molecule has 8 rings (SSSR count). The summed E-state index contributed by atoms with van der Waals surface area (Å²) in [7, 11) is 0. The van der Waals surface area contributed by atoms with E-state index in [1.54, 1.807) is 18.2 Å². The fraction of sp³-hybridized carbons (Fsp3) is 0.471. The number of benzene rings is 3. The number of phenols is 1. The van der Waals surface area contributed by atoms with Crippen molar-refractivity contribution in [1.82, 2.24) is 20.2 Å². The zero-order chi connectivity index (χ0) is 31.1. The molecule has 8 nitrogen and oxygen atoms in total. The van der Waals surface area contributed by atoms with Crippen molar-refractivity contribution < 1.29 is 23.7 Å². The molecule has 3 aromatic carbocycles. The van der Waals surface area contributed by atoms with Crippen LogP contribution in [0.15, 0.2) is 36.4 Å². The van der Waals surface area contributed by atoms with Gasteiger partial charge in [0.1, 0.15) is 29.5 Å². The molecule has 45 heavy (non-hydrogen) atoms. The van der Waals surface area contributed by atoms with E-state index in [4.69, 9.17) is 21.3 Å². The number of ether oxygens (including phenoxy) is 1. The Bertz CT molecular complexity index is 1840. The summed E-state index contributed by atoms with van der Waals surface area (Å²) in [6.45, 7) is 4.76. The van der Waals surface area contributed by atoms with Gasteiger partial charge in [-0.25, -0.2) is 8.78 Å². The number of aromatic hydroxyl groups is 1. The second-order valence-electron chi connectivity index (χ2n) is 13.6. The van der Waals surface area contributed by atoms with E-state index in [-0.39, 0.29) is 63.6 Å². The summed E-state index contributed by atoms with van der Waals surface area (Å²) in [5, 5.41) is 25.9. The minimum atomic E-state index is -0.866. The molecule has 4 atom stereocenters. The number of aliphatic hydroxyl groups is 1. The molecule has 4 aliphatic heterocycles. The highest BCUT2D eigenvalue weighted by Gasteiger charge is 2.49. The number of hydrogen-bond acceptors (Lipinski definition) is 8. The van der Waals surface area contributed by atoms with E-state index in [1.807, 2.05) is 0 Å². The fourth-order valence-electron chi connectivity index (χ4n) is 8.56. The summed E-state index contributed by atoms with van der Waals surface area (Å²) >= 11 is 6.54. The summed E-state index contributed by atoms with van der Waals surface area (Å²) in [4.78, 5) is 13.8. The predicted octanol–water partition coefficient (Wildman–Crippen LogP) is 5.79. The van der Waals surface area contributed by atoms with E-state index in [0.29, 0.717) is 41.3 Å². The number of nitrogens with one attached hydrogen (secondary N) is 1. The number of halogens is 3. The molecule has 11 heteroatoms. The number of anilines is 1. The highest BCUT2D eigenvalue weighted by molar-refractivity contribution is 6.36. The Labute approximate surface area is 265 Å². The summed E-state index contributed by atoms with van der Waals surface area (Å²) in [6.07, 6.45) is 5.80. The summed E-state index contributed by atoms with van der Waals surface area (Å²) in [5.74, 6) is -1.35. The fourth-order valence-corrected chi connectivity index (χ4v) is 8.85. The first-order valence-corrected chi connectivity index (χ1v) is 16.2. The van der Waals surface area contributed by atoms with Crippen LogP contribution in [-0.4, -0.2) is 81.1 Å². The van der Waals surface area contributed by atoms with E-state index in [0.717, 1.165) is 45.1 Å². The van der Waals surface area contributed by atoms with Crippen LogP contribution in [0.1, 0.15) is 45.4 Å². The van der Waals surface area contributed by atoms with E-state index in [1.165, 1.54) is 18.2 Å². The zero-order valence-electron chi connectivity index (χ0n) is 25.1. The molecule has 5 heterocycles. The predicted molar refractivity (Wildman–Crippen MR) is 170 cm³/mol. The maximum absolute atomic E-state index is 16.8. The summed E-state index contributed by atoms with van der Waals surface area (Å²) in [5.41, 5.74) is -0.558. The lowest BCUT2D eigenvalue weighted by Gasteiger charge is -2.40. The van der Waals surface area contributed by atoms with Crippen molar-refractivity contribution in [2.75, 3.05) is 37.7 Å². The Balaban J connectivity index is 1.26. The Kier molecular flexibility index (Phi) is 6.87. The molecule has 1 aromatic heterocycles. The van der Waals surface area contributed by atoms with Crippen LogP contribution in [0, 0.1) is 11.6 Å². The first-order chi connectivity index (χ1) is 21.7. The number of aromatic nitrogens is 2. The Hall–Kier alpha value is -3.31. The number of fused-ring (bicyclic) bond motifs is 5. The highest BCUT2D eigenvalue weighted by atomic mass is 35.5. The van der Waals surface area contributed by atoms with E-state index >= 15 is 8.78 Å². The van der Waals surface area contributed by atoms with Gasteiger partial charge >= 0.3 is 6.01 Å². The second-order valence-corrected chi connectivity index (χ2v) is 14.0. The van der Waals surface area contributed by atoms with Crippen molar-refractivity contribution >= 4 is 39.1 Å². The SMILES string of the molecule is C[C@]12CCC(CN(c3nc(OC[C@H]4CC[C@@]5(CO)CCCN45)nc4c(F)c(-c5cc(O)cc6cccc(Cl)c56)c(F)cc34)C1)N2. The molecule has 4 aromatic rings. The second kappa shape index (κ2) is 10.6. The lowest BCUT2D eigenvalue weighted by Crippen LogP contribution is -2.58. The molecule has 0 radical (unpaired) electrons. The maximum atomic E-state index is 16.8. The summed E-state index contributed by atoms with van der Waals surface area (Å²) < 4.78 is 39.2. The van der Waals surface area contributed by atoms with Crippen molar-refractivity contribution in [3.05, 3.63) is 53.1 Å². The van der Waals surface area contributed by atoms with Crippen molar-refractivity contribution in [3.8, 4) is 22.9 Å². The molecule has 236 valence electrons. The number of piperazine rings is 1. The number of aliphatic hydroxyl groups excluding tert-OH is 1. The van der Waals surface area contributed by atoms with Crippen LogP contribution in [-0.2, 0) is 0 Å². The lowest BCUT2D eigenvalue weighted by molar-refractivity contribution is 0.0615. The Morgan fingerprint density at radius 2 is 2.00 bits per heavy atom. The standard InChI is InChI=1S/C34H36ClF2N5O3/c1-33-9-6-20(40-33)15-41(17-33)31-24-14-26(36)28(23-13-22(44)12-19-4-2-5-25(35)27(19)23)29(37)30(24)38-32(39-31)45-16-21-7-10-34(18-43)8-3-11-42(21)34/h2,4-5,12-14,20-21,40,43-44H,3,6-11,15-18H2,1H3/t20?,21-,33+,34-/m1/s1. The molecular formula is C34H36ClF2N5O3. The summed E-state index contributed by atoms with van der Waals surface area (Å²) in [6, 6.07) is 9.62. The highest BCUT2D eigenvalue weighted by Crippen LogP contribution is 2.44. The molecule has 0 aliphatic carbocycles. The Morgan fingerprint density at radius 1 is 1.13 bits per heavy atom. The van der Waals surface area contributed by atoms with E-state index in [2.05, 4.69) is 27.0 Å². The van der Waals surface area contributed by atoms with Gasteiger partial charge in [0.05, 0.1) is 12.2 Å². The van der Waals surface area contributed by atoms with Crippen LogP contribution in [0.25, 0.3) is 32.8 Å². The zero-order valence-corrected chi connectivity index (χ0v) is 25.9. The van der Waals surface area contributed by atoms with Gasteiger partial charge in [0.25, 0.3) is 0 Å². The van der Waals surface area contributed by atoms with Gasteiger partial charge in [-0.2, -0.15) is 9.97 Å². The molecule has 4 fully saturated rings. The van der Waals surface area contributed by atoms with Crippen molar-refractivity contribution in [2.45, 2.75) is 68.6 Å². The van der Waals surface area contributed by atoms with Crippen LogP contribution in [0.4, 0.5) is 14.6 Å². The van der Waals surface area contributed by atoms with Gasteiger partial charge in [-0.3, -0.25) is 4.90 Å². The number of hydrogen-bond donors (Lipinski definition) is 3. The number of phenolic OH excluding ortho intramolecular Hbond substituents is 1. The van der Waals surface area contributed by atoms with Crippen molar-refractivity contribution in [1.29, 1.82) is 0 Å². The van der Waals surface area contributed by atoms with Crippen molar-refractivity contribution in [3.63, 3.8) is 0 Å². The quantitative estimate of drug-likeness (QED) is 0.245. The van der Waals surface area contributed by atoms with Gasteiger partial charge in [0.15, 0.2) is 5.82 Å². The van der Waals surface area contributed by atoms with Crippen LogP contribution >= 0.6 is 11.6 Å². The normalized spacial score (nSPS) is 28.0. The van der Waals surface area contributed by atoms with Crippen LogP contribution in [0.5, 0.6) is 11.8 Å². The largest absolute Gasteiger partial charge is 0.508 e. The first-order valence-electron chi connectivity index (χ1n) is 15.8. The van der Waals surface area contributed by atoms with Crippen LogP contribution < -0.4 is 15.0 Å². The third kappa shape index (κ3) is 4.71. The van der Waals surface area contributed by atoms with Gasteiger partial charge in [-0.15, -0.1) is 0 Å². The molecule has 4 aliphatic rings. The smallest absolute Gasteiger partial charge is 0.319 e.